The van der Waals surface area contributed by atoms with Crippen LogP contribution in [0.3, 0.4) is 0 Å². The van der Waals surface area contributed by atoms with Crippen LogP contribution in [0.25, 0.3) is 6.08 Å². The fraction of sp³-hybridized carbons (Fsp3) is 0.381. The summed E-state index contributed by atoms with van der Waals surface area (Å²) in [5.41, 5.74) is 1.35. The summed E-state index contributed by atoms with van der Waals surface area (Å²) in [5.74, 6) is -0.244. The van der Waals surface area contributed by atoms with Gasteiger partial charge in [-0.05, 0) is 31.6 Å². The molecule has 1 N–H and O–H groups in total. The molecule has 0 radical (unpaired) electrons. The Bertz CT molecular complexity index is 806. The highest BCUT2D eigenvalue weighted by Gasteiger charge is 2.12. The van der Waals surface area contributed by atoms with Gasteiger partial charge in [0.15, 0.2) is 23.1 Å². The molecule has 0 amide bonds. The van der Waals surface area contributed by atoms with Gasteiger partial charge in [0.2, 0.25) is 5.95 Å². The molecule has 0 atom stereocenters. The van der Waals surface area contributed by atoms with E-state index >= 15 is 0 Å². The molecule has 1 heterocycles. The Morgan fingerprint density at radius 2 is 2.04 bits per heavy atom. The van der Waals surface area contributed by atoms with Crippen molar-refractivity contribution in [1.82, 2.24) is 9.97 Å². The van der Waals surface area contributed by atoms with E-state index in [-0.39, 0.29) is 17.3 Å². The first-order chi connectivity index (χ1) is 13.0. The number of carbonyl (C=O) groups is 1. The van der Waals surface area contributed by atoms with E-state index in [0.29, 0.717) is 17.2 Å². The molecule has 144 valence electrons. The Morgan fingerprint density at radius 1 is 1.26 bits per heavy atom. The maximum Gasteiger partial charge on any atom is 0.222 e. The molecule has 5 nitrogen and oxygen atoms in total. The van der Waals surface area contributed by atoms with Crippen LogP contribution in [0.1, 0.15) is 50.8 Å². The Balaban J connectivity index is 2.10. The van der Waals surface area contributed by atoms with Crippen LogP contribution in [-0.2, 0) is 4.79 Å². The van der Waals surface area contributed by atoms with Crippen molar-refractivity contribution in [1.29, 1.82) is 0 Å². The lowest BCUT2D eigenvalue weighted by atomic mass is 10.2. The number of nitrogens with zero attached hydrogens (tertiary/aromatic N) is 2. The zero-order chi connectivity index (χ0) is 19.6. The zero-order valence-corrected chi connectivity index (χ0v) is 16.1. The zero-order valence-electron chi connectivity index (χ0n) is 16.1. The minimum atomic E-state index is -0.528. The lowest BCUT2D eigenvalue weighted by Crippen LogP contribution is -2.08. The SMILES string of the molecule is CCCCCCNc1ncc(/C=C(/Oc2ccccc2F)C(C)=O)c(C)n1. The molecule has 0 bridgehead atoms. The third-order valence-electron chi connectivity index (χ3n) is 4.02. The van der Waals surface area contributed by atoms with Crippen LogP contribution in [0.5, 0.6) is 5.75 Å². The number of ketones is 1. The van der Waals surface area contributed by atoms with Crippen molar-refractivity contribution in [3.63, 3.8) is 0 Å². The van der Waals surface area contributed by atoms with Crippen LogP contribution in [0.2, 0.25) is 0 Å². The first kappa shape index (κ1) is 20.6. The van der Waals surface area contributed by atoms with Gasteiger partial charge in [-0.1, -0.05) is 38.3 Å². The van der Waals surface area contributed by atoms with Crippen molar-refractivity contribution in [3.05, 3.63) is 53.3 Å². The van der Waals surface area contributed by atoms with Crippen molar-refractivity contribution < 1.29 is 13.9 Å². The molecule has 0 saturated carbocycles. The molecular weight excluding hydrogens is 345 g/mol. The van der Waals surface area contributed by atoms with Crippen molar-refractivity contribution in [3.8, 4) is 5.75 Å². The molecule has 0 aliphatic carbocycles. The van der Waals surface area contributed by atoms with Crippen LogP contribution < -0.4 is 10.1 Å². The molecule has 0 aliphatic rings. The standard InChI is InChI=1S/C21H26FN3O2/c1-4-5-6-9-12-23-21-24-14-17(15(2)25-21)13-20(16(3)26)27-19-11-8-7-10-18(19)22/h7-8,10-11,13-14H,4-6,9,12H2,1-3H3,(H,23,24,25)/b20-13+. The minimum Gasteiger partial charge on any atom is -0.451 e. The number of nitrogens with one attached hydrogen (secondary N) is 1. The maximum absolute atomic E-state index is 13.8. The average molecular weight is 371 g/mol. The number of aromatic nitrogens is 2. The van der Waals surface area contributed by atoms with Gasteiger partial charge in [-0.2, -0.15) is 0 Å². The van der Waals surface area contributed by atoms with Crippen molar-refractivity contribution in [2.45, 2.75) is 46.5 Å². The number of hydrogen-bond donors (Lipinski definition) is 1. The highest BCUT2D eigenvalue weighted by atomic mass is 19.1. The fourth-order valence-electron chi connectivity index (χ4n) is 2.45. The number of carbonyl (C=O) groups excluding carboxylic acids is 1. The Kier molecular flexibility index (Phi) is 7.92. The smallest absolute Gasteiger partial charge is 0.222 e. The van der Waals surface area contributed by atoms with E-state index in [2.05, 4.69) is 22.2 Å². The van der Waals surface area contributed by atoms with Gasteiger partial charge in [0.25, 0.3) is 0 Å². The first-order valence-corrected chi connectivity index (χ1v) is 9.23. The van der Waals surface area contributed by atoms with Crippen molar-refractivity contribution >= 4 is 17.8 Å². The number of halogens is 1. The largest absolute Gasteiger partial charge is 0.451 e. The van der Waals surface area contributed by atoms with Crippen molar-refractivity contribution in [2.75, 3.05) is 11.9 Å². The number of unbranched alkanes of at least 4 members (excludes halogenated alkanes) is 3. The van der Waals surface area contributed by atoms with Crippen LogP contribution in [0.15, 0.2) is 36.2 Å². The average Bonchev–Trinajstić information content (AvgIpc) is 2.64. The van der Waals surface area contributed by atoms with Gasteiger partial charge in [-0.25, -0.2) is 14.4 Å². The third kappa shape index (κ3) is 6.47. The van der Waals surface area contributed by atoms with Crippen LogP contribution in [-0.4, -0.2) is 22.3 Å². The third-order valence-corrected chi connectivity index (χ3v) is 4.02. The molecule has 0 fully saturated rings. The number of benzene rings is 1. The highest BCUT2D eigenvalue weighted by molar-refractivity contribution is 5.96. The normalized spacial score (nSPS) is 11.3. The number of para-hydroxylation sites is 1. The summed E-state index contributed by atoms with van der Waals surface area (Å²) in [7, 11) is 0. The predicted molar refractivity (Wildman–Crippen MR) is 105 cm³/mol. The van der Waals surface area contributed by atoms with Gasteiger partial charge in [0, 0.05) is 25.2 Å². The second kappa shape index (κ2) is 10.4. The second-order valence-corrected chi connectivity index (χ2v) is 6.32. The molecule has 27 heavy (non-hydrogen) atoms. The van der Waals surface area contributed by atoms with Gasteiger partial charge in [0.1, 0.15) is 0 Å². The summed E-state index contributed by atoms with van der Waals surface area (Å²) >= 11 is 0. The first-order valence-electron chi connectivity index (χ1n) is 9.23. The van der Waals surface area contributed by atoms with E-state index in [4.69, 9.17) is 4.74 Å². The molecule has 0 aliphatic heterocycles. The summed E-state index contributed by atoms with van der Waals surface area (Å²) in [6, 6.07) is 5.96. The maximum atomic E-state index is 13.8. The Morgan fingerprint density at radius 3 is 2.70 bits per heavy atom. The molecule has 0 unspecified atom stereocenters. The van der Waals surface area contributed by atoms with Gasteiger partial charge < -0.3 is 10.1 Å². The molecule has 0 spiro atoms. The summed E-state index contributed by atoms with van der Waals surface area (Å²) in [5, 5.41) is 3.20. The van der Waals surface area contributed by atoms with Crippen LogP contribution in [0, 0.1) is 12.7 Å². The number of hydrogen-bond acceptors (Lipinski definition) is 5. The molecule has 2 rings (SSSR count). The number of anilines is 1. The summed E-state index contributed by atoms with van der Waals surface area (Å²) in [4.78, 5) is 20.6. The van der Waals surface area contributed by atoms with E-state index in [0.717, 1.165) is 13.0 Å². The number of rotatable bonds is 10. The monoisotopic (exact) mass is 371 g/mol. The molecular formula is C21H26FN3O2. The van der Waals surface area contributed by atoms with E-state index < -0.39 is 5.82 Å². The summed E-state index contributed by atoms with van der Waals surface area (Å²) in [6.45, 7) is 6.20. The molecule has 2 aromatic rings. The highest BCUT2D eigenvalue weighted by Crippen LogP contribution is 2.21. The molecule has 1 aromatic carbocycles. The van der Waals surface area contributed by atoms with Gasteiger partial charge in [0.05, 0.1) is 5.69 Å². The van der Waals surface area contributed by atoms with Crippen LogP contribution in [0.4, 0.5) is 10.3 Å². The fourth-order valence-corrected chi connectivity index (χ4v) is 2.45. The van der Waals surface area contributed by atoms with E-state index in [1.54, 1.807) is 18.3 Å². The summed E-state index contributed by atoms with van der Waals surface area (Å²) in [6.07, 6.45) is 7.84. The lowest BCUT2D eigenvalue weighted by molar-refractivity contribution is -0.115. The van der Waals surface area contributed by atoms with E-state index in [9.17, 15) is 9.18 Å². The molecule has 6 heteroatoms. The lowest BCUT2D eigenvalue weighted by Gasteiger charge is -2.10. The molecule has 1 aromatic heterocycles. The van der Waals surface area contributed by atoms with Gasteiger partial charge >= 0.3 is 0 Å². The molecule has 0 saturated heterocycles. The van der Waals surface area contributed by atoms with Gasteiger partial charge in [-0.3, -0.25) is 4.79 Å². The summed E-state index contributed by atoms with van der Waals surface area (Å²) < 4.78 is 19.2. The Labute approximate surface area is 159 Å². The quantitative estimate of drug-likeness (QED) is 0.365. The number of aryl methyl sites for hydroxylation is 1. The van der Waals surface area contributed by atoms with E-state index in [1.807, 2.05) is 6.92 Å². The minimum absolute atomic E-state index is 0.00267. The van der Waals surface area contributed by atoms with Crippen molar-refractivity contribution in [2.24, 2.45) is 0 Å². The Hall–Kier alpha value is -2.76. The second-order valence-electron chi connectivity index (χ2n) is 6.32. The van der Waals surface area contributed by atoms with Gasteiger partial charge in [-0.15, -0.1) is 0 Å². The number of allylic oxidation sites excluding steroid dienone is 1. The number of Topliss-reactive ketones (excluding diaryl/α,β-unsaturated/α-hetero) is 1. The predicted octanol–water partition coefficient (Wildman–Crippen LogP) is 4.93. The number of ether oxygens (including phenoxy) is 1. The van der Waals surface area contributed by atoms with E-state index in [1.165, 1.54) is 44.4 Å². The van der Waals surface area contributed by atoms with Crippen LogP contribution >= 0.6 is 0 Å². The topological polar surface area (TPSA) is 64.1 Å².